The Hall–Kier alpha value is -2.13. The third-order valence-corrected chi connectivity index (χ3v) is 3.63. The summed E-state index contributed by atoms with van der Waals surface area (Å²) < 4.78 is 1.65. The van der Waals surface area contributed by atoms with Crippen LogP contribution in [-0.4, -0.2) is 9.55 Å². The molecule has 0 unspecified atom stereocenters. The normalized spacial score (nSPS) is 10.9. The van der Waals surface area contributed by atoms with Gasteiger partial charge in [-0.1, -0.05) is 35.9 Å². The van der Waals surface area contributed by atoms with Gasteiger partial charge in [-0.3, -0.25) is 4.79 Å². The van der Waals surface area contributed by atoms with Gasteiger partial charge in [-0.2, -0.15) is 0 Å². The number of aryl methyl sites for hydroxylation is 1. The average molecular weight is 285 g/mol. The number of hydrogen-bond acceptors (Lipinski definition) is 2. The van der Waals surface area contributed by atoms with Crippen molar-refractivity contribution in [1.82, 2.24) is 9.55 Å². The second-order valence-corrected chi connectivity index (χ2v) is 5.11. The van der Waals surface area contributed by atoms with Crippen molar-refractivity contribution in [3.63, 3.8) is 0 Å². The Balaban J connectivity index is 2.08. The van der Waals surface area contributed by atoms with Crippen molar-refractivity contribution in [2.45, 2.75) is 13.5 Å². The van der Waals surface area contributed by atoms with Crippen molar-refractivity contribution in [2.24, 2.45) is 0 Å². The van der Waals surface area contributed by atoms with E-state index in [0.717, 1.165) is 22.0 Å². The van der Waals surface area contributed by atoms with E-state index in [1.807, 2.05) is 36.4 Å². The van der Waals surface area contributed by atoms with E-state index in [2.05, 4.69) is 4.98 Å². The molecule has 0 fully saturated rings. The minimum Gasteiger partial charge on any atom is -0.311 e. The molecule has 3 rings (SSSR count). The number of nitrogens with zero attached hydrogens (tertiary/aromatic N) is 2. The quantitative estimate of drug-likeness (QED) is 0.676. The van der Waals surface area contributed by atoms with E-state index in [1.54, 1.807) is 23.8 Å². The Morgan fingerprint density at radius 3 is 2.85 bits per heavy atom. The lowest BCUT2D eigenvalue weighted by Gasteiger charge is -2.09. The molecule has 20 heavy (non-hydrogen) atoms. The number of fused-ring (bicyclic) bond motifs is 1. The molecule has 100 valence electrons. The van der Waals surface area contributed by atoms with Crippen molar-refractivity contribution in [1.29, 1.82) is 0 Å². The van der Waals surface area contributed by atoms with Crippen LogP contribution < -0.4 is 5.56 Å². The van der Waals surface area contributed by atoms with Gasteiger partial charge in [0.05, 0.1) is 12.1 Å². The van der Waals surface area contributed by atoms with Crippen molar-refractivity contribution in [3.05, 3.63) is 75.3 Å². The fourth-order valence-corrected chi connectivity index (χ4v) is 2.42. The summed E-state index contributed by atoms with van der Waals surface area (Å²) >= 11 is 6.22. The molecule has 0 aliphatic heterocycles. The van der Waals surface area contributed by atoms with Crippen LogP contribution in [-0.2, 0) is 6.54 Å². The molecule has 0 aliphatic carbocycles. The first-order valence-corrected chi connectivity index (χ1v) is 6.73. The molecule has 0 atom stereocenters. The standard InChI is InChI=1S/C16H13ClN2O/c1-11-5-4-8-19(16(11)20)10-13-9-12-6-2-3-7-14(12)18-15(13)17/h2-9H,10H2,1H3. The zero-order chi connectivity index (χ0) is 14.1. The highest BCUT2D eigenvalue weighted by Crippen LogP contribution is 2.20. The first-order chi connectivity index (χ1) is 9.65. The van der Waals surface area contributed by atoms with Crippen LogP contribution in [0.15, 0.2) is 53.5 Å². The van der Waals surface area contributed by atoms with Gasteiger partial charge in [-0.05, 0) is 25.1 Å². The fourth-order valence-electron chi connectivity index (χ4n) is 2.21. The Bertz CT molecular complexity index is 839. The van der Waals surface area contributed by atoms with Crippen molar-refractivity contribution < 1.29 is 0 Å². The lowest BCUT2D eigenvalue weighted by molar-refractivity contribution is 0.751. The topological polar surface area (TPSA) is 34.9 Å². The predicted octanol–water partition coefficient (Wildman–Crippen LogP) is 3.41. The molecule has 4 heteroatoms. The molecular formula is C16H13ClN2O. The van der Waals surface area contributed by atoms with Gasteiger partial charge < -0.3 is 4.57 Å². The van der Waals surface area contributed by atoms with Crippen molar-refractivity contribution >= 4 is 22.5 Å². The lowest BCUT2D eigenvalue weighted by Crippen LogP contribution is -2.21. The number of rotatable bonds is 2. The zero-order valence-electron chi connectivity index (χ0n) is 11.0. The maximum absolute atomic E-state index is 12.0. The summed E-state index contributed by atoms with van der Waals surface area (Å²) in [5.41, 5.74) is 2.42. The van der Waals surface area contributed by atoms with E-state index < -0.39 is 0 Å². The SMILES string of the molecule is Cc1cccn(Cc2cc3ccccc3nc2Cl)c1=O. The molecule has 1 aromatic carbocycles. The molecule has 0 radical (unpaired) electrons. The summed E-state index contributed by atoms with van der Waals surface area (Å²) in [5, 5.41) is 1.46. The van der Waals surface area contributed by atoms with Crippen LogP contribution in [0.2, 0.25) is 5.15 Å². The van der Waals surface area contributed by atoms with Crippen molar-refractivity contribution in [2.75, 3.05) is 0 Å². The number of halogens is 1. The summed E-state index contributed by atoms with van der Waals surface area (Å²) in [6, 6.07) is 13.4. The van der Waals surface area contributed by atoms with Gasteiger partial charge >= 0.3 is 0 Å². The van der Waals surface area contributed by atoms with Crippen LogP contribution in [0.4, 0.5) is 0 Å². The number of benzene rings is 1. The van der Waals surface area contributed by atoms with E-state index in [9.17, 15) is 4.79 Å². The lowest BCUT2D eigenvalue weighted by atomic mass is 10.1. The van der Waals surface area contributed by atoms with Gasteiger partial charge in [0.15, 0.2) is 0 Å². The maximum atomic E-state index is 12.0. The van der Waals surface area contributed by atoms with Crippen LogP contribution >= 0.6 is 11.6 Å². The monoisotopic (exact) mass is 284 g/mol. The molecule has 2 heterocycles. The molecule has 0 saturated heterocycles. The second-order valence-electron chi connectivity index (χ2n) is 4.76. The molecule has 3 nitrogen and oxygen atoms in total. The number of pyridine rings is 2. The third kappa shape index (κ3) is 2.32. The first kappa shape index (κ1) is 12.9. The van der Waals surface area contributed by atoms with Crippen LogP contribution in [0, 0.1) is 6.92 Å². The molecule has 0 N–H and O–H groups in total. The Morgan fingerprint density at radius 1 is 1.20 bits per heavy atom. The highest BCUT2D eigenvalue weighted by atomic mass is 35.5. The van der Waals surface area contributed by atoms with Gasteiger partial charge in [0.1, 0.15) is 5.15 Å². The van der Waals surface area contributed by atoms with E-state index in [0.29, 0.717) is 11.7 Å². The number of para-hydroxylation sites is 1. The van der Waals surface area contributed by atoms with Gasteiger partial charge in [-0.25, -0.2) is 4.98 Å². The van der Waals surface area contributed by atoms with Crippen LogP contribution in [0.3, 0.4) is 0 Å². The molecular weight excluding hydrogens is 272 g/mol. The molecule has 0 amide bonds. The van der Waals surface area contributed by atoms with Crippen LogP contribution in [0.5, 0.6) is 0 Å². The van der Waals surface area contributed by atoms with Gasteiger partial charge in [0.25, 0.3) is 5.56 Å². The average Bonchev–Trinajstić information content (AvgIpc) is 2.44. The Kier molecular flexibility index (Phi) is 3.28. The summed E-state index contributed by atoms with van der Waals surface area (Å²) in [5.74, 6) is 0. The fraction of sp³-hybridized carbons (Fsp3) is 0.125. The Morgan fingerprint density at radius 2 is 2.00 bits per heavy atom. The van der Waals surface area contributed by atoms with E-state index in [1.165, 1.54) is 0 Å². The number of aromatic nitrogens is 2. The largest absolute Gasteiger partial charge is 0.311 e. The molecule has 0 aliphatic rings. The summed E-state index contributed by atoms with van der Waals surface area (Å²) in [6.07, 6.45) is 1.76. The van der Waals surface area contributed by atoms with Crippen LogP contribution in [0.25, 0.3) is 10.9 Å². The zero-order valence-corrected chi connectivity index (χ0v) is 11.8. The summed E-state index contributed by atoms with van der Waals surface area (Å²) in [7, 11) is 0. The first-order valence-electron chi connectivity index (χ1n) is 6.35. The minimum absolute atomic E-state index is 0.00303. The van der Waals surface area contributed by atoms with E-state index in [4.69, 9.17) is 11.6 Å². The van der Waals surface area contributed by atoms with Gasteiger partial charge in [-0.15, -0.1) is 0 Å². The van der Waals surface area contributed by atoms with E-state index >= 15 is 0 Å². The van der Waals surface area contributed by atoms with Crippen molar-refractivity contribution in [3.8, 4) is 0 Å². The third-order valence-electron chi connectivity index (χ3n) is 3.30. The molecule has 2 aromatic heterocycles. The Labute approximate surface area is 121 Å². The predicted molar refractivity (Wildman–Crippen MR) is 81.3 cm³/mol. The molecule has 0 spiro atoms. The highest BCUT2D eigenvalue weighted by molar-refractivity contribution is 6.30. The van der Waals surface area contributed by atoms with Gasteiger partial charge in [0.2, 0.25) is 0 Å². The highest BCUT2D eigenvalue weighted by Gasteiger charge is 2.07. The second kappa shape index (κ2) is 5.10. The maximum Gasteiger partial charge on any atom is 0.253 e. The summed E-state index contributed by atoms with van der Waals surface area (Å²) in [6.45, 7) is 2.23. The molecule has 3 aromatic rings. The number of hydrogen-bond donors (Lipinski definition) is 0. The minimum atomic E-state index is -0.00303. The van der Waals surface area contributed by atoms with Gasteiger partial charge in [0, 0.05) is 22.7 Å². The van der Waals surface area contributed by atoms with Crippen LogP contribution in [0.1, 0.15) is 11.1 Å². The summed E-state index contributed by atoms with van der Waals surface area (Å²) in [4.78, 5) is 16.4. The smallest absolute Gasteiger partial charge is 0.253 e. The molecule has 0 saturated carbocycles. The van der Waals surface area contributed by atoms with E-state index in [-0.39, 0.29) is 5.56 Å². The molecule has 0 bridgehead atoms.